The largest absolute Gasteiger partial charge is 0.494 e. The van der Waals surface area contributed by atoms with Crippen molar-refractivity contribution in [2.24, 2.45) is 4.99 Å². The van der Waals surface area contributed by atoms with E-state index in [4.69, 9.17) is 19.6 Å². The second-order valence-electron chi connectivity index (χ2n) is 8.14. The molecule has 1 aliphatic rings. The maximum Gasteiger partial charge on any atom is 0.256 e. The monoisotopic (exact) mass is 522 g/mol. The first kappa shape index (κ1) is 24.0. The second kappa shape index (κ2) is 10.8. The number of carbonyl (C=O) groups excluding carboxylic acids is 1. The molecule has 0 unspecified atom stereocenters. The van der Waals surface area contributed by atoms with Gasteiger partial charge in [0.05, 0.1) is 6.61 Å². The minimum atomic E-state index is -1.15. The number of halogens is 1. The van der Waals surface area contributed by atoms with Crippen molar-refractivity contribution in [2.45, 2.75) is 31.4 Å². The van der Waals surface area contributed by atoms with Crippen molar-refractivity contribution in [3.63, 3.8) is 0 Å². The van der Waals surface area contributed by atoms with Crippen LogP contribution in [-0.4, -0.2) is 41.8 Å². The van der Waals surface area contributed by atoms with Gasteiger partial charge in [0.25, 0.3) is 5.91 Å². The molecule has 4 rings (SSSR count). The number of ether oxygens (including phenoxy) is 2. The molecule has 0 saturated heterocycles. The Labute approximate surface area is 207 Å². The fourth-order valence-corrected chi connectivity index (χ4v) is 4.26. The molecule has 2 atom stereocenters. The highest BCUT2D eigenvalue weighted by Crippen LogP contribution is 2.35. The molecule has 0 bridgehead atoms. The molecule has 0 aliphatic carbocycles. The van der Waals surface area contributed by atoms with Crippen molar-refractivity contribution in [2.75, 3.05) is 18.5 Å². The zero-order valence-electron chi connectivity index (χ0n) is 18.9. The molecule has 1 aliphatic heterocycles. The Morgan fingerprint density at radius 3 is 2.50 bits per heavy atom. The molecule has 2 N–H and O–H groups in total. The van der Waals surface area contributed by atoms with Crippen LogP contribution in [0.3, 0.4) is 0 Å². The molecule has 3 aromatic rings. The first-order valence-electron chi connectivity index (χ1n) is 11.2. The van der Waals surface area contributed by atoms with Crippen molar-refractivity contribution in [3.8, 4) is 5.75 Å². The molecule has 0 fully saturated rings. The standard InChI is InChI=1S/C27H27BrN2O4/c1-19-27(18-21-8-5-6-11-24(21)28,26(32)29-22-9-3-2-4-10-22)30-25(34-19)20-12-14-23(15-13-20)33-17-7-16-31/h2-6,8-15,19,31H,7,16-18H2,1H3,(H,29,32)/t19-,27-/m1/s1. The van der Waals surface area contributed by atoms with Gasteiger partial charge in [-0.25, -0.2) is 4.99 Å². The molecule has 34 heavy (non-hydrogen) atoms. The lowest BCUT2D eigenvalue weighted by atomic mass is 9.86. The first-order valence-corrected chi connectivity index (χ1v) is 12.0. The molecule has 7 heteroatoms. The van der Waals surface area contributed by atoms with Crippen LogP contribution in [0.1, 0.15) is 24.5 Å². The first-order chi connectivity index (χ1) is 16.5. The number of nitrogens with zero attached hydrogens (tertiary/aromatic N) is 1. The Bertz CT molecular complexity index is 1150. The van der Waals surface area contributed by atoms with Crippen LogP contribution in [0.5, 0.6) is 5.75 Å². The summed E-state index contributed by atoms with van der Waals surface area (Å²) >= 11 is 3.61. The number of aliphatic imine (C=N–C) groups is 1. The summed E-state index contributed by atoms with van der Waals surface area (Å²) < 4.78 is 12.7. The van der Waals surface area contributed by atoms with Crippen molar-refractivity contribution < 1.29 is 19.4 Å². The number of aliphatic hydroxyl groups is 1. The number of amides is 1. The van der Waals surface area contributed by atoms with E-state index in [1.807, 2.05) is 85.8 Å². The van der Waals surface area contributed by atoms with Gasteiger partial charge in [0.15, 0.2) is 5.54 Å². The Morgan fingerprint density at radius 1 is 1.09 bits per heavy atom. The zero-order valence-corrected chi connectivity index (χ0v) is 20.5. The van der Waals surface area contributed by atoms with Gasteiger partial charge in [-0.05, 0) is 55.0 Å². The van der Waals surface area contributed by atoms with Crippen molar-refractivity contribution >= 4 is 33.4 Å². The van der Waals surface area contributed by atoms with Gasteiger partial charge in [0.2, 0.25) is 5.90 Å². The van der Waals surface area contributed by atoms with E-state index in [9.17, 15) is 4.79 Å². The third-order valence-electron chi connectivity index (χ3n) is 5.78. The Balaban J connectivity index is 1.66. The van der Waals surface area contributed by atoms with Gasteiger partial charge in [-0.3, -0.25) is 4.79 Å². The van der Waals surface area contributed by atoms with Crippen LogP contribution in [0, 0.1) is 0 Å². The molecule has 3 aromatic carbocycles. The number of para-hydroxylation sites is 1. The van der Waals surface area contributed by atoms with E-state index in [0.29, 0.717) is 36.8 Å². The number of anilines is 1. The van der Waals surface area contributed by atoms with Crippen LogP contribution in [0.2, 0.25) is 0 Å². The maximum absolute atomic E-state index is 13.7. The zero-order chi connectivity index (χ0) is 24.0. The summed E-state index contributed by atoms with van der Waals surface area (Å²) in [7, 11) is 0. The molecule has 1 heterocycles. The average molecular weight is 523 g/mol. The Kier molecular flexibility index (Phi) is 7.65. The average Bonchev–Trinajstić information content (AvgIpc) is 3.19. The van der Waals surface area contributed by atoms with E-state index in [1.165, 1.54) is 0 Å². The Hall–Kier alpha value is -3.16. The molecule has 0 aromatic heterocycles. The van der Waals surface area contributed by atoms with Crippen molar-refractivity contribution in [1.82, 2.24) is 0 Å². The Morgan fingerprint density at radius 2 is 1.79 bits per heavy atom. The summed E-state index contributed by atoms with van der Waals surface area (Å²) in [6, 6.07) is 24.6. The van der Waals surface area contributed by atoms with Gasteiger partial charge in [0, 0.05) is 35.2 Å². The normalized spacial score (nSPS) is 19.3. The SMILES string of the molecule is C[C@H]1OC(c2ccc(OCCCO)cc2)=N[C@@]1(Cc1ccccc1Br)C(=O)Nc1ccccc1. The summed E-state index contributed by atoms with van der Waals surface area (Å²) in [6.45, 7) is 2.41. The lowest BCUT2D eigenvalue weighted by Crippen LogP contribution is -2.49. The summed E-state index contributed by atoms with van der Waals surface area (Å²) in [4.78, 5) is 18.6. The predicted molar refractivity (Wildman–Crippen MR) is 136 cm³/mol. The quantitative estimate of drug-likeness (QED) is 0.387. The number of benzene rings is 3. The number of hydrogen-bond acceptors (Lipinski definition) is 5. The minimum Gasteiger partial charge on any atom is -0.494 e. The number of rotatable bonds is 9. The topological polar surface area (TPSA) is 80.2 Å². The fraction of sp³-hybridized carbons (Fsp3) is 0.259. The van der Waals surface area contributed by atoms with Crippen LogP contribution >= 0.6 is 15.9 Å². The molecular formula is C27H27BrN2O4. The van der Waals surface area contributed by atoms with E-state index >= 15 is 0 Å². The number of hydrogen-bond donors (Lipinski definition) is 2. The molecule has 1 amide bonds. The number of aliphatic hydroxyl groups excluding tert-OH is 1. The summed E-state index contributed by atoms with van der Waals surface area (Å²) in [5, 5.41) is 11.9. The van der Waals surface area contributed by atoms with Crippen LogP contribution in [-0.2, 0) is 16.0 Å². The van der Waals surface area contributed by atoms with E-state index in [-0.39, 0.29) is 12.5 Å². The predicted octanol–water partition coefficient (Wildman–Crippen LogP) is 5.00. The second-order valence-corrected chi connectivity index (χ2v) is 8.99. The smallest absolute Gasteiger partial charge is 0.256 e. The number of nitrogens with one attached hydrogen (secondary N) is 1. The molecule has 0 radical (unpaired) electrons. The maximum atomic E-state index is 13.7. The highest BCUT2D eigenvalue weighted by molar-refractivity contribution is 9.10. The summed E-state index contributed by atoms with van der Waals surface area (Å²) in [5.74, 6) is 0.899. The van der Waals surface area contributed by atoms with Gasteiger partial charge in [0.1, 0.15) is 11.9 Å². The van der Waals surface area contributed by atoms with Gasteiger partial charge in [-0.1, -0.05) is 52.3 Å². The van der Waals surface area contributed by atoms with Crippen LogP contribution in [0.15, 0.2) is 88.3 Å². The molecular weight excluding hydrogens is 496 g/mol. The van der Waals surface area contributed by atoms with E-state index in [0.717, 1.165) is 15.6 Å². The van der Waals surface area contributed by atoms with E-state index in [2.05, 4.69) is 21.2 Å². The minimum absolute atomic E-state index is 0.0886. The van der Waals surface area contributed by atoms with Gasteiger partial charge < -0.3 is 19.9 Å². The van der Waals surface area contributed by atoms with Crippen LogP contribution in [0.4, 0.5) is 5.69 Å². The third-order valence-corrected chi connectivity index (χ3v) is 6.55. The van der Waals surface area contributed by atoms with Crippen molar-refractivity contribution in [1.29, 1.82) is 0 Å². The lowest BCUT2D eigenvalue weighted by Gasteiger charge is -2.28. The third kappa shape index (κ3) is 5.32. The molecule has 6 nitrogen and oxygen atoms in total. The van der Waals surface area contributed by atoms with E-state index in [1.54, 1.807) is 0 Å². The van der Waals surface area contributed by atoms with Gasteiger partial charge >= 0.3 is 0 Å². The highest BCUT2D eigenvalue weighted by atomic mass is 79.9. The van der Waals surface area contributed by atoms with Crippen molar-refractivity contribution in [3.05, 3.63) is 94.5 Å². The van der Waals surface area contributed by atoms with Crippen LogP contribution < -0.4 is 10.1 Å². The summed E-state index contributed by atoms with van der Waals surface area (Å²) in [6.07, 6.45) is 0.460. The van der Waals surface area contributed by atoms with Gasteiger partial charge in [-0.2, -0.15) is 0 Å². The molecule has 0 saturated carbocycles. The van der Waals surface area contributed by atoms with Crippen LogP contribution in [0.25, 0.3) is 0 Å². The molecule has 176 valence electrons. The fourth-order valence-electron chi connectivity index (χ4n) is 3.84. The van der Waals surface area contributed by atoms with Gasteiger partial charge in [-0.15, -0.1) is 0 Å². The summed E-state index contributed by atoms with van der Waals surface area (Å²) in [5.41, 5.74) is 1.30. The highest BCUT2D eigenvalue weighted by Gasteiger charge is 2.50. The lowest BCUT2D eigenvalue weighted by molar-refractivity contribution is -0.123. The number of carbonyl (C=O) groups is 1. The van der Waals surface area contributed by atoms with E-state index < -0.39 is 11.6 Å². The molecule has 0 spiro atoms.